The topological polar surface area (TPSA) is 97.2 Å². The van der Waals surface area contributed by atoms with Crippen LogP contribution in [0.4, 0.5) is 16.4 Å². The SMILES string of the molecule is Cc1cc2c(s1)Nc1ccccc1N=C2N1CC[N+](C)(COP(=O)([O-])O)CC1. The van der Waals surface area contributed by atoms with Crippen LogP contribution in [0.3, 0.4) is 0 Å². The number of thiophene rings is 1. The van der Waals surface area contributed by atoms with Gasteiger partial charge in [0.05, 0.1) is 50.2 Å². The summed E-state index contributed by atoms with van der Waals surface area (Å²) >= 11 is 1.71. The minimum Gasteiger partial charge on any atom is -0.756 e. The number of aryl methyl sites for hydroxylation is 1. The fourth-order valence-corrected chi connectivity index (χ4v) is 4.83. The number of hydrogen-bond acceptors (Lipinski definition) is 7. The predicted molar refractivity (Wildman–Crippen MR) is 108 cm³/mol. The van der Waals surface area contributed by atoms with Gasteiger partial charge < -0.3 is 24.5 Å². The lowest BCUT2D eigenvalue weighted by Gasteiger charge is -2.42. The van der Waals surface area contributed by atoms with Crippen LogP contribution in [0.1, 0.15) is 10.4 Å². The molecule has 0 bridgehead atoms. The predicted octanol–water partition coefficient (Wildman–Crippen LogP) is 2.39. The summed E-state index contributed by atoms with van der Waals surface area (Å²) in [6.45, 7) is 4.82. The van der Waals surface area contributed by atoms with E-state index in [0.717, 1.165) is 27.8 Å². The summed E-state index contributed by atoms with van der Waals surface area (Å²) in [7, 11) is -2.78. The second-order valence-electron chi connectivity index (χ2n) is 7.46. The normalized spacial score (nSPS) is 20.3. The van der Waals surface area contributed by atoms with Gasteiger partial charge in [-0.3, -0.25) is 9.09 Å². The molecule has 0 spiro atoms. The average Bonchev–Trinajstić information content (AvgIpc) is 2.92. The highest BCUT2D eigenvalue weighted by atomic mass is 32.1. The van der Waals surface area contributed by atoms with E-state index in [2.05, 4.69) is 27.7 Å². The maximum Gasteiger partial charge on any atom is 0.269 e. The van der Waals surface area contributed by atoms with Crippen LogP contribution in [0.25, 0.3) is 0 Å². The molecule has 150 valence electrons. The first-order valence-corrected chi connectivity index (χ1v) is 11.4. The highest BCUT2D eigenvalue weighted by molar-refractivity contribution is 7.44. The lowest BCUT2D eigenvalue weighted by Crippen LogP contribution is -2.59. The number of likely N-dealkylation sites (N-methyl/N-ethyl adjacent to an activating group) is 1. The van der Waals surface area contributed by atoms with Crippen LogP contribution in [-0.2, 0) is 9.09 Å². The molecule has 1 aromatic carbocycles. The highest BCUT2D eigenvalue weighted by Gasteiger charge is 2.33. The molecule has 4 rings (SSSR count). The van der Waals surface area contributed by atoms with Crippen LogP contribution in [0, 0.1) is 6.92 Å². The number of phosphoric ester groups is 1. The van der Waals surface area contributed by atoms with Crippen molar-refractivity contribution in [2.75, 3.05) is 45.3 Å². The molecule has 2 aromatic rings. The third kappa shape index (κ3) is 4.15. The molecule has 8 nitrogen and oxygen atoms in total. The van der Waals surface area contributed by atoms with E-state index in [0.29, 0.717) is 30.7 Å². The quantitative estimate of drug-likeness (QED) is 0.582. The van der Waals surface area contributed by atoms with Gasteiger partial charge in [0.2, 0.25) is 0 Å². The average molecular weight is 422 g/mol. The second-order valence-corrected chi connectivity index (χ2v) is 9.91. The van der Waals surface area contributed by atoms with Gasteiger partial charge in [-0.1, -0.05) is 12.1 Å². The van der Waals surface area contributed by atoms with Crippen LogP contribution in [0.15, 0.2) is 35.3 Å². The van der Waals surface area contributed by atoms with Crippen LogP contribution in [0.5, 0.6) is 0 Å². The Labute approximate surface area is 167 Å². The smallest absolute Gasteiger partial charge is 0.269 e. The monoisotopic (exact) mass is 422 g/mol. The van der Waals surface area contributed by atoms with E-state index >= 15 is 0 Å². The number of para-hydroxylation sites is 2. The standard InChI is InChI=1S/C18H23N4O4PS/c1-13-11-14-17(19-15-5-3-4-6-16(15)20-18(14)28-13)21-7-9-22(2,10-8-21)12-26-27(23,24)25/h3-6,11,20H,7-10,12H2,1-2H3,(H-,23,24,25). The number of benzene rings is 1. The first kappa shape index (κ1) is 19.6. The summed E-state index contributed by atoms with van der Waals surface area (Å²) in [4.78, 5) is 28.2. The molecular formula is C18H23N4O4PS. The van der Waals surface area contributed by atoms with Crippen molar-refractivity contribution in [3.05, 3.63) is 40.8 Å². The van der Waals surface area contributed by atoms with Gasteiger partial charge in [-0.05, 0) is 25.1 Å². The van der Waals surface area contributed by atoms with Crippen molar-refractivity contribution >= 4 is 41.4 Å². The Kier molecular flexibility index (Phi) is 5.07. The molecule has 1 saturated heterocycles. The van der Waals surface area contributed by atoms with Crippen molar-refractivity contribution in [3.63, 3.8) is 0 Å². The molecule has 2 aliphatic heterocycles. The fraction of sp³-hybridized carbons (Fsp3) is 0.389. The van der Waals surface area contributed by atoms with E-state index in [9.17, 15) is 9.46 Å². The zero-order valence-corrected chi connectivity index (χ0v) is 17.5. The highest BCUT2D eigenvalue weighted by Crippen LogP contribution is 2.39. The molecular weight excluding hydrogens is 399 g/mol. The van der Waals surface area contributed by atoms with Gasteiger partial charge in [-0.15, -0.1) is 11.3 Å². The first-order chi connectivity index (χ1) is 13.2. The van der Waals surface area contributed by atoms with E-state index in [1.54, 1.807) is 11.3 Å². The minimum atomic E-state index is -4.71. The van der Waals surface area contributed by atoms with Crippen molar-refractivity contribution < 1.29 is 23.4 Å². The molecule has 2 aliphatic rings. The summed E-state index contributed by atoms with van der Waals surface area (Å²) in [6.07, 6.45) is 0. The number of anilines is 2. The summed E-state index contributed by atoms with van der Waals surface area (Å²) < 4.78 is 16.0. The first-order valence-electron chi connectivity index (χ1n) is 9.05. The molecule has 10 heteroatoms. The maximum absolute atomic E-state index is 10.9. The molecule has 1 fully saturated rings. The third-order valence-corrected chi connectivity index (χ3v) is 6.53. The molecule has 2 N–H and O–H groups in total. The van der Waals surface area contributed by atoms with E-state index < -0.39 is 7.82 Å². The molecule has 1 aromatic heterocycles. The molecule has 0 saturated carbocycles. The number of amidine groups is 1. The number of phosphoric acid groups is 1. The number of hydrogen-bond donors (Lipinski definition) is 2. The number of nitrogens with zero attached hydrogens (tertiary/aromatic N) is 3. The van der Waals surface area contributed by atoms with Gasteiger partial charge in [0.15, 0.2) is 6.73 Å². The van der Waals surface area contributed by atoms with Gasteiger partial charge in [-0.25, -0.2) is 4.99 Å². The number of aliphatic imine (C=N–C) groups is 1. The summed E-state index contributed by atoms with van der Waals surface area (Å²) in [5.74, 6) is 0.931. The molecule has 1 atom stereocenters. The van der Waals surface area contributed by atoms with Gasteiger partial charge in [0.1, 0.15) is 10.8 Å². The summed E-state index contributed by atoms with van der Waals surface area (Å²) in [6, 6.07) is 10.1. The molecule has 1 unspecified atom stereocenters. The Morgan fingerprint density at radius 3 is 2.82 bits per heavy atom. The zero-order chi connectivity index (χ0) is 19.9. The van der Waals surface area contributed by atoms with Crippen molar-refractivity contribution in [2.45, 2.75) is 6.92 Å². The lowest BCUT2D eigenvalue weighted by molar-refractivity contribution is -0.928. The Bertz CT molecular complexity index is 962. The van der Waals surface area contributed by atoms with Gasteiger partial charge in [-0.2, -0.15) is 0 Å². The number of nitrogens with one attached hydrogen (secondary N) is 1. The maximum atomic E-state index is 10.9. The van der Waals surface area contributed by atoms with Gasteiger partial charge in [0, 0.05) is 4.88 Å². The fourth-order valence-electron chi connectivity index (χ4n) is 3.49. The Morgan fingerprint density at radius 1 is 1.39 bits per heavy atom. The van der Waals surface area contributed by atoms with Crippen LogP contribution < -0.4 is 10.2 Å². The molecule has 0 aliphatic carbocycles. The van der Waals surface area contributed by atoms with Gasteiger partial charge in [0.25, 0.3) is 7.82 Å². The summed E-state index contributed by atoms with van der Waals surface area (Å²) in [5, 5.41) is 4.59. The molecule has 0 radical (unpaired) electrons. The van der Waals surface area contributed by atoms with Crippen LogP contribution in [-0.4, -0.2) is 60.1 Å². The molecule has 28 heavy (non-hydrogen) atoms. The van der Waals surface area contributed by atoms with E-state index in [1.807, 2.05) is 31.3 Å². The van der Waals surface area contributed by atoms with E-state index in [4.69, 9.17) is 9.89 Å². The third-order valence-electron chi connectivity index (χ3n) is 5.13. The number of quaternary nitrogens is 1. The minimum absolute atomic E-state index is 0.0647. The van der Waals surface area contributed by atoms with Crippen LogP contribution >= 0.6 is 19.2 Å². The Morgan fingerprint density at radius 2 is 2.11 bits per heavy atom. The largest absolute Gasteiger partial charge is 0.756 e. The molecule has 3 heterocycles. The van der Waals surface area contributed by atoms with Crippen molar-refractivity contribution in [2.24, 2.45) is 4.99 Å². The Hall–Kier alpha value is -1.74. The van der Waals surface area contributed by atoms with Gasteiger partial charge >= 0.3 is 0 Å². The molecule has 0 amide bonds. The van der Waals surface area contributed by atoms with Crippen molar-refractivity contribution in [1.29, 1.82) is 0 Å². The zero-order valence-electron chi connectivity index (χ0n) is 15.8. The van der Waals surface area contributed by atoms with E-state index in [-0.39, 0.29) is 6.73 Å². The number of rotatable bonds is 3. The summed E-state index contributed by atoms with van der Waals surface area (Å²) in [5.41, 5.74) is 2.98. The van der Waals surface area contributed by atoms with Crippen molar-refractivity contribution in [3.8, 4) is 0 Å². The number of fused-ring (bicyclic) bond motifs is 2. The second kappa shape index (κ2) is 7.26. The Balaban J connectivity index is 1.59. The number of piperazine rings is 1. The van der Waals surface area contributed by atoms with E-state index in [1.165, 1.54) is 4.88 Å². The lowest BCUT2D eigenvalue weighted by atomic mass is 10.2. The van der Waals surface area contributed by atoms with Crippen LogP contribution in [0.2, 0.25) is 0 Å². The van der Waals surface area contributed by atoms with Crippen molar-refractivity contribution in [1.82, 2.24) is 4.90 Å².